The van der Waals surface area contributed by atoms with Crippen molar-refractivity contribution in [2.24, 2.45) is 5.84 Å². The Labute approximate surface area is 124 Å². The zero-order chi connectivity index (χ0) is 14.7. The smallest absolute Gasteiger partial charge is 0.131 e. The molecule has 1 atom stereocenters. The maximum Gasteiger partial charge on any atom is 0.131 e. The van der Waals surface area contributed by atoms with Gasteiger partial charge in [0.2, 0.25) is 0 Å². The number of hydrogen-bond donors (Lipinski definition) is 2. The van der Waals surface area contributed by atoms with Gasteiger partial charge in [-0.25, -0.2) is 10.4 Å². The summed E-state index contributed by atoms with van der Waals surface area (Å²) in [6, 6.07) is 14.6. The molecule has 1 heterocycles. The van der Waals surface area contributed by atoms with Crippen LogP contribution in [0.1, 0.15) is 30.8 Å². The van der Waals surface area contributed by atoms with Crippen LogP contribution in [0.3, 0.4) is 0 Å². The van der Waals surface area contributed by atoms with Gasteiger partial charge in [-0.3, -0.25) is 5.84 Å². The van der Waals surface area contributed by atoms with E-state index in [1.807, 2.05) is 12.4 Å². The van der Waals surface area contributed by atoms with Gasteiger partial charge in [0, 0.05) is 18.9 Å². The molecule has 0 saturated heterocycles. The average Bonchev–Trinajstić information content (AvgIpc) is 2.97. The van der Waals surface area contributed by atoms with E-state index in [0.717, 1.165) is 24.4 Å². The van der Waals surface area contributed by atoms with E-state index >= 15 is 0 Å². The zero-order valence-corrected chi connectivity index (χ0v) is 12.2. The standard InChI is InChI=1S/C17H20N4/c1-2-10-21-11-9-19-17(21)16(20-18)15-8-7-13-5-3-4-6-14(13)12-15/h3-9,11-12,16,20H,2,10,18H2,1H3. The highest BCUT2D eigenvalue weighted by Crippen LogP contribution is 2.24. The summed E-state index contributed by atoms with van der Waals surface area (Å²) in [4.78, 5) is 4.48. The number of hydrogen-bond acceptors (Lipinski definition) is 3. The topological polar surface area (TPSA) is 55.9 Å². The summed E-state index contributed by atoms with van der Waals surface area (Å²) in [5, 5.41) is 2.44. The first-order valence-electron chi connectivity index (χ1n) is 7.29. The first-order valence-corrected chi connectivity index (χ1v) is 7.29. The Hall–Kier alpha value is -2.17. The number of nitrogens with two attached hydrogens (primary N) is 1. The third-order valence-corrected chi connectivity index (χ3v) is 3.74. The molecule has 0 saturated carbocycles. The van der Waals surface area contributed by atoms with E-state index in [2.05, 4.69) is 64.4 Å². The van der Waals surface area contributed by atoms with Crippen LogP contribution in [0.2, 0.25) is 0 Å². The molecule has 0 amide bonds. The Kier molecular flexibility index (Phi) is 3.99. The fourth-order valence-electron chi connectivity index (χ4n) is 2.72. The van der Waals surface area contributed by atoms with Gasteiger partial charge in [0.25, 0.3) is 0 Å². The van der Waals surface area contributed by atoms with Gasteiger partial charge >= 0.3 is 0 Å². The summed E-state index contributed by atoms with van der Waals surface area (Å²) in [6.45, 7) is 3.10. The molecule has 0 fully saturated rings. The van der Waals surface area contributed by atoms with E-state index in [0.29, 0.717) is 0 Å². The number of imidazole rings is 1. The minimum atomic E-state index is -0.101. The van der Waals surface area contributed by atoms with Crippen LogP contribution >= 0.6 is 0 Å². The zero-order valence-electron chi connectivity index (χ0n) is 12.2. The molecule has 4 heteroatoms. The number of benzene rings is 2. The van der Waals surface area contributed by atoms with Gasteiger partial charge in [-0.15, -0.1) is 0 Å². The number of rotatable bonds is 5. The molecular formula is C17H20N4. The number of aromatic nitrogens is 2. The molecule has 1 aromatic heterocycles. The second kappa shape index (κ2) is 6.08. The number of nitrogens with zero attached hydrogens (tertiary/aromatic N) is 2. The van der Waals surface area contributed by atoms with Gasteiger partial charge in [0.05, 0.1) is 0 Å². The second-order valence-electron chi connectivity index (χ2n) is 5.19. The Morgan fingerprint density at radius 1 is 1.19 bits per heavy atom. The molecule has 3 aromatic rings. The van der Waals surface area contributed by atoms with Crippen LogP contribution in [0, 0.1) is 0 Å². The highest BCUT2D eigenvalue weighted by Gasteiger charge is 2.17. The Bertz CT molecular complexity index is 732. The molecule has 108 valence electrons. The third-order valence-electron chi connectivity index (χ3n) is 3.74. The van der Waals surface area contributed by atoms with Crippen molar-refractivity contribution in [3.05, 3.63) is 66.2 Å². The quantitative estimate of drug-likeness (QED) is 0.558. The highest BCUT2D eigenvalue weighted by atomic mass is 15.3. The van der Waals surface area contributed by atoms with Gasteiger partial charge in [-0.1, -0.05) is 43.3 Å². The van der Waals surface area contributed by atoms with Crippen molar-refractivity contribution in [2.75, 3.05) is 0 Å². The van der Waals surface area contributed by atoms with Crippen molar-refractivity contribution >= 4 is 10.8 Å². The molecule has 2 aromatic carbocycles. The highest BCUT2D eigenvalue weighted by molar-refractivity contribution is 5.83. The van der Waals surface area contributed by atoms with Crippen molar-refractivity contribution in [3.8, 4) is 0 Å². The lowest BCUT2D eigenvalue weighted by molar-refractivity contribution is 0.546. The molecule has 0 bridgehead atoms. The van der Waals surface area contributed by atoms with Gasteiger partial charge in [0.1, 0.15) is 11.9 Å². The van der Waals surface area contributed by atoms with Crippen molar-refractivity contribution < 1.29 is 0 Å². The lowest BCUT2D eigenvalue weighted by atomic mass is 10.0. The van der Waals surface area contributed by atoms with Gasteiger partial charge in [-0.05, 0) is 28.8 Å². The Morgan fingerprint density at radius 3 is 2.76 bits per heavy atom. The van der Waals surface area contributed by atoms with Crippen molar-refractivity contribution in [1.29, 1.82) is 0 Å². The lowest BCUT2D eigenvalue weighted by Gasteiger charge is -2.18. The number of fused-ring (bicyclic) bond motifs is 1. The van der Waals surface area contributed by atoms with Crippen molar-refractivity contribution in [1.82, 2.24) is 15.0 Å². The SMILES string of the molecule is CCCn1ccnc1C(NN)c1ccc2ccccc2c1. The van der Waals surface area contributed by atoms with Gasteiger partial charge < -0.3 is 4.57 Å². The normalized spacial score (nSPS) is 12.7. The number of nitrogens with one attached hydrogen (secondary N) is 1. The minimum absolute atomic E-state index is 0.101. The third kappa shape index (κ3) is 2.68. The first-order chi connectivity index (χ1) is 10.3. The van der Waals surface area contributed by atoms with Crippen molar-refractivity contribution in [3.63, 3.8) is 0 Å². The van der Waals surface area contributed by atoms with Crippen molar-refractivity contribution in [2.45, 2.75) is 25.9 Å². The summed E-state index contributed by atoms with van der Waals surface area (Å²) < 4.78 is 2.15. The van der Waals surface area contributed by atoms with Crippen LogP contribution in [0.5, 0.6) is 0 Å². The van der Waals surface area contributed by atoms with E-state index in [-0.39, 0.29) is 6.04 Å². The maximum absolute atomic E-state index is 5.80. The van der Waals surface area contributed by atoms with Gasteiger partial charge in [0.15, 0.2) is 0 Å². The lowest BCUT2D eigenvalue weighted by Crippen LogP contribution is -2.31. The van der Waals surface area contributed by atoms with E-state index < -0.39 is 0 Å². The molecule has 1 unspecified atom stereocenters. The molecule has 0 aliphatic carbocycles. The predicted molar refractivity (Wildman–Crippen MR) is 85.6 cm³/mol. The van der Waals surface area contributed by atoms with E-state index in [4.69, 9.17) is 5.84 Å². The van der Waals surface area contributed by atoms with Crippen LogP contribution in [-0.4, -0.2) is 9.55 Å². The maximum atomic E-state index is 5.80. The largest absolute Gasteiger partial charge is 0.333 e. The molecule has 21 heavy (non-hydrogen) atoms. The molecule has 0 aliphatic heterocycles. The Balaban J connectivity index is 2.03. The van der Waals surface area contributed by atoms with Crippen LogP contribution in [0.25, 0.3) is 10.8 Å². The molecule has 0 radical (unpaired) electrons. The van der Waals surface area contributed by atoms with E-state index in [9.17, 15) is 0 Å². The van der Waals surface area contributed by atoms with Crippen LogP contribution in [0.15, 0.2) is 54.9 Å². The number of aryl methyl sites for hydroxylation is 1. The predicted octanol–water partition coefficient (Wildman–Crippen LogP) is 3.00. The molecule has 3 rings (SSSR count). The molecule has 3 N–H and O–H groups in total. The summed E-state index contributed by atoms with van der Waals surface area (Å²) in [7, 11) is 0. The fourth-order valence-corrected chi connectivity index (χ4v) is 2.72. The average molecular weight is 280 g/mol. The summed E-state index contributed by atoms with van der Waals surface area (Å²) >= 11 is 0. The van der Waals surface area contributed by atoms with E-state index in [1.54, 1.807) is 0 Å². The van der Waals surface area contributed by atoms with Gasteiger partial charge in [-0.2, -0.15) is 0 Å². The molecular weight excluding hydrogens is 260 g/mol. The van der Waals surface area contributed by atoms with Crippen LogP contribution in [0.4, 0.5) is 0 Å². The summed E-state index contributed by atoms with van der Waals surface area (Å²) in [5.74, 6) is 6.76. The second-order valence-corrected chi connectivity index (χ2v) is 5.19. The summed E-state index contributed by atoms with van der Waals surface area (Å²) in [6.07, 6.45) is 4.90. The van der Waals surface area contributed by atoms with Crippen LogP contribution < -0.4 is 11.3 Å². The molecule has 0 spiro atoms. The van der Waals surface area contributed by atoms with Crippen LogP contribution in [-0.2, 0) is 6.54 Å². The molecule has 0 aliphatic rings. The minimum Gasteiger partial charge on any atom is -0.333 e. The monoisotopic (exact) mass is 280 g/mol. The fraction of sp³-hybridized carbons (Fsp3) is 0.235. The summed E-state index contributed by atoms with van der Waals surface area (Å²) in [5.41, 5.74) is 4.03. The first kappa shape index (κ1) is 13.8. The Morgan fingerprint density at radius 2 is 2.00 bits per heavy atom. The van der Waals surface area contributed by atoms with E-state index in [1.165, 1.54) is 10.8 Å². The number of hydrazine groups is 1. The molecule has 4 nitrogen and oxygen atoms in total.